The van der Waals surface area contributed by atoms with Crippen molar-refractivity contribution in [3.8, 4) is 0 Å². The molecule has 0 aliphatic heterocycles. The minimum absolute atomic E-state index is 0.0693. The third-order valence-electron chi connectivity index (χ3n) is 2.97. The van der Waals surface area contributed by atoms with Gasteiger partial charge >= 0.3 is 0 Å². The zero-order chi connectivity index (χ0) is 15.6. The largest absolute Gasteiger partial charge is 0.270 e. The smallest absolute Gasteiger partial charge is 0.258 e. The molecule has 8 heteroatoms. The number of rotatable bonds is 5. The van der Waals surface area contributed by atoms with E-state index in [2.05, 4.69) is 4.72 Å². The van der Waals surface area contributed by atoms with E-state index in [9.17, 15) is 18.5 Å². The molecule has 2 rings (SSSR count). The fourth-order valence-electron chi connectivity index (χ4n) is 1.88. The Morgan fingerprint density at radius 1 is 1.33 bits per heavy atom. The van der Waals surface area contributed by atoms with E-state index in [0.29, 0.717) is 5.56 Å². The number of nitro groups is 1. The molecular weight excluding hydrogens is 312 g/mol. The fourth-order valence-corrected chi connectivity index (χ4v) is 4.18. The molecule has 1 aromatic carbocycles. The Hall–Kier alpha value is -1.77. The van der Waals surface area contributed by atoms with E-state index in [1.165, 1.54) is 23.5 Å². The highest BCUT2D eigenvalue weighted by Gasteiger charge is 2.23. The molecule has 1 N–H and O–H groups in total. The first kappa shape index (κ1) is 15.6. The van der Waals surface area contributed by atoms with Crippen molar-refractivity contribution >= 4 is 27.0 Å². The summed E-state index contributed by atoms with van der Waals surface area (Å²) in [6.45, 7) is 3.34. The average Bonchev–Trinajstić information content (AvgIpc) is 2.92. The van der Waals surface area contributed by atoms with Gasteiger partial charge in [-0.1, -0.05) is 12.1 Å². The first-order valence-electron chi connectivity index (χ1n) is 6.12. The summed E-state index contributed by atoms with van der Waals surface area (Å²) in [6.07, 6.45) is 0. The Kier molecular flexibility index (Phi) is 4.40. The predicted octanol–water partition coefficient (Wildman–Crippen LogP) is 3.00. The summed E-state index contributed by atoms with van der Waals surface area (Å²) in [5.74, 6) is 0. The Morgan fingerprint density at radius 2 is 2.05 bits per heavy atom. The summed E-state index contributed by atoms with van der Waals surface area (Å²) in [5.41, 5.74) is 0.219. The molecule has 0 fully saturated rings. The van der Waals surface area contributed by atoms with Crippen LogP contribution in [0, 0.1) is 17.0 Å². The lowest BCUT2D eigenvalue weighted by molar-refractivity contribution is -0.385. The molecular formula is C13H14N2O4S2. The van der Waals surface area contributed by atoms with Gasteiger partial charge in [-0.2, -0.15) is 0 Å². The Labute approximate surface area is 126 Å². The van der Waals surface area contributed by atoms with E-state index in [0.717, 1.165) is 10.9 Å². The van der Waals surface area contributed by atoms with Crippen LogP contribution in [0.5, 0.6) is 0 Å². The van der Waals surface area contributed by atoms with Crippen molar-refractivity contribution in [1.82, 2.24) is 4.72 Å². The molecule has 112 valence electrons. The molecule has 0 bridgehead atoms. The molecule has 0 spiro atoms. The Balaban J connectivity index is 2.35. The molecule has 0 aliphatic carbocycles. The van der Waals surface area contributed by atoms with Crippen molar-refractivity contribution < 1.29 is 13.3 Å². The molecule has 0 saturated carbocycles. The summed E-state index contributed by atoms with van der Waals surface area (Å²) < 4.78 is 27.4. The van der Waals surface area contributed by atoms with Gasteiger partial charge in [-0.25, -0.2) is 13.1 Å². The van der Waals surface area contributed by atoms with Crippen LogP contribution in [0.1, 0.15) is 23.4 Å². The first-order valence-corrected chi connectivity index (χ1v) is 8.48. The number of nitrogens with zero attached hydrogens (tertiary/aromatic N) is 1. The van der Waals surface area contributed by atoms with Gasteiger partial charge in [0.2, 0.25) is 10.0 Å². The number of aryl methyl sites for hydroxylation is 1. The van der Waals surface area contributed by atoms with Crippen LogP contribution in [0.2, 0.25) is 0 Å². The van der Waals surface area contributed by atoms with Gasteiger partial charge in [-0.3, -0.25) is 10.1 Å². The maximum Gasteiger partial charge on any atom is 0.270 e. The second-order valence-corrected chi connectivity index (χ2v) is 7.23. The van der Waals surface area contributed by atoms with Crippen molar-refractivity contribution in [2.75, 3.05) is 0 Å². The molecule has 0 aliphatic rings. The molecule has 1 atom stereocenters. The monoisotopic (exact) mass is 326 g/mol. The van der Waals surface area contributed by atoms with E-state index < -0.39 is 21.0 Å². The maximum atomic E-state index is 12.4. The quantitative estimate of drug-likeness (QED) is 0.675. The van der Waals surface area contributed by atoms with Gasteiger partial charge in [-0.15, -0.1) is 11.3 Å². The summed E-state index contributed by atoms with van der Waals surface area (Å²) in [5, 5.41) is 12.7. The van der Waals surface area contributed by atoms with Crippen LogP contribution in [-0.4, -0.2) is 13.3 Å². The van der Waals surface area contributed by atoms with Crippen LogP contribution >= 0.6 is 11.3 Å². The standard InChI is InChI=1S/C13H14N2O4S2/c1-9-5-6-11(15(16)17)8-13(9)21(18,19)14-10(2)12-4-3-7-20-12/h3-8,10,14H,1-2H3. The maximum absolute atomic E-state index is 12.4. The summed E-state index contributed by atoms with van der Waals surface area (Å²) in [7, 11) is -3.82. The molecule has 1 aromatic heterocycles. The second-order valence-electron chi connectivity index (χ2n) is 4.57. The van der Waals surface area contributed by atoms with E-state index in [-0.39, 0.29) is 10.6 Å². The number of sulfonamides is 1. The van der Waals surface area contributed by atoms with E-state index in [4.69, 9.17) is 0 Å². The summed E-state index contributed by atoms with van der Waals surface area (Å²) >= 11 is 1.44. The van der Waals surface area contributed by atoms with Gasteiger partial charge in [0.25, 0.3) is 5.69 Å². The molecule has 0 radical (unpaired) electrons. The van der Waals surface area contributed by atoms with Gasteiger partial charge in [0.15, 0.2) is 0 Å². The summed E-state index contributed by atoms with van der Waals surface area (Å²) in [4.78, 5) is 11.0. The Morgan fingerprint density at radius 3 is 2.62 bits per heavy atom. The lowest BCUT2D eigenvalue weighted by atomic mass is 10.2. The number of hydrogen-bond acceptors (Lipinski definition) is 5. The highest BCUT2D eigenvalue weighted by Crippen LogP contribution is 2.25. The highest BCUT2D eigenvalue weighted by molar-refractivity contribution is 7.89. The molecule has 21 heavy (non-hydrogen) atoms. The molecule has 0 amide bonds. The van der Waals surface area contributed by atoms with Crippen LogP contribution in [0.25, 0.3) is 0 Å². The summed E-state index contributed by atoms with van der Waals surface area (Å²) in [6, 6.07) is 7.08. The minimum Gasteiger partial charge on any atom is -0.258 e. The number of non-ortho nitro benzene ring substituents is 1. The second kappa shape index (κ2) is 5.92. The predicted molar refractivity (Wildman–Crippen MR) is 80.9 cm³/mol. The van der Waals surface area contributed by atoms with Crippen molar-refractivity contribution in [3.63, 3.8) is 0 Å². The number of hydrogen-bond donors (Lipinski definition) is 1. The van der Waals surface area contributed by atoms with Crippen molar-refractivity contribution in [2.24, 2.45) is 0 Å². The SMILES string of the molecule is Cc1ccc([N+](=O)[O-])cc1S(=O)(=O)NC(C)c1cccs1. The van der Waals surface area contributed by atoms with Crippen LogP contribution in [0.15, 0.2) is 40.6 Å². The topological polar surface area (TPSA) is 89.3 Å². The van der Waals surface area contributed by atoms with Crippen LogP contribution in [-0.2, 0) is 10.0 Å². The van der Waals surface area contributed by atoms with Gasteiger partial charge in [0, 0.05) is 17.0 Å². The normalized spacial score (nSPS) is 13.0. The first-order chi connectivity index (χ1) is 9.81. The van der Waals surface area contributed by atoms with Crippen molar-refractivity contribution in [2.45, 2.75) is 24.8 Å². The average molecular weight is 326 g/mol. The molecule has 1 heterocycles. The van der Waals surface area contributed by atoms with Crippen LogP contribution in [0.3, 0.4) is 0 Å². The number of benzene rings is 1. The number of nitrogens with one attached hydrogen (secondary N) is 1. The minimum atomic E-state index is -3.82. The highest BCUT2D eigenvalue weighted by atomic mass is 32.2. The van der Waals surface area contributed by atoms with Gasteiger partial charge < -0.3 is 0 Å². The van der Waals surface area contributed by atoms with Crippen LogP contribution < -0.4 is 4.72 Å². The lowest BCUT2D eigenvalue weighted by Gasteiger charge is -2.14. The molecule has 6 nitrogen and oxygen atoms in total. The van der Waals surface area contributed by atoms with E-state index in [1.807, 2.05) is 17.5 Å². The van der Waals surface area contributed by atoms with Gasteiger partial charge in [0.05, 0.1) is 15.9 Å². The van der Waals surface area contributed by atoms with E-state index in [1.54, 1.807) is 13.8 Å². The Bertz CT molecular complexity index is 754. The number of thiophene rings is 1. The van der Waals surface area contributed by atoms with Gasteiger partial charge in [0.1, 0.15) is 0 Å². The van der Waals surface area contributed by atoms with Gasteiger partial charge in [-0.05, 0) is 30.9 Å². The van der Waals surface area contributed by atoms with E-state index >= 15 is 0 Å². The number of nitro benzene ring substituents is 1. The van der Waals surface area contributed by atoms with Crippen molar-refractivity contribution in [3.05, 3.63) is 56.3 Å². The third kappa shape index (κ3) is 3.46. The van der Waals surface area contributed by atoms with Crippen LogP contribution in [0.4, 0.5) is 5.69 Å². The fraction of sp³-hybridized carbons (Fsp3) is 0.231. The third-order valence-corrected chi connectivity index (χ3v) is 5.71. The lowest BCUT2D eigenvalue weighted by Crippen LogP contribution is -2.27. The molecule has 1 unspecified atom stereocenters. The zero-order valence-corrected chi connectivity index (χ0v) is 13.1. The van der Waals surface area contributed by atoms with Crippen molar-refractivity contribution in [1.29, 1.82) is 0 Å². The molecule has 0 saturated heterocycles. The molecule has 2 aromatic rings. The zero-order valence-electron chi connectivity index (χ0n) is 11.4.